The maximum atomic E-state index is 13.5. The SMILES string of the molecule is CC(C)c1cccc(C(C)C)c1NC(=O)[C@H](Cc1ccccc1)NC(=O)NCc1ccccc1. The number of carbonyl (C=O) groups is 2. The molecule has 0 aromatic heterocycles. The molecule has 3 rings (SSSR count). The number of carbonyl (C=O) groups excluding carboxylic acids is 2. The van der Waals surface area contributed by atoms with Crippen LogP contribution in [0.25, 0.3) is 0 Å². The first kappa shape index (κ1) is 25.0. The summed E-state index contributed by atoms with van der Waals surface area (Å²) in [7, 11) is 0. The van der Waals surface area contributed by atoms with E-state index in [0.717, 1.165) is 27.9 Å². The maximum Gasteiger partial charge on any atom is 0.315 e. The molecule has 0 aliphatic carbocycles. The molecular weight excluding hydrogens is 422 g/mol. The Labute approximate surface area is 203 Å². The summed E-state index contributed by atoms with van der Waals surface area (Å²) in [5.74, 6) is 0.279. The second-order valence-electron chi connectivity index (χ2n) is 9.17. The Morgan fingerprint density at radius 2 is 1.24 bits per heavy atom. The van der Waals surface area contributed by atoms with Gasteiger partial charge in [0.2, 0.25) is 5.91 Å². The van der Waals surface area contributed by atoms with Gasteiger partial charge in [0.15, 0.2) is 0 Å². The van der Waals surface area contributed by atoms with E-state index in [1.54, 1.807) is 0 Å². The number of rotatable bonds is 9. The van der Waals surface area contributed by atoms with Gasteiger partial charge in [-0.1, -0.05) is 107 Å². The molecule has 0 saturated carbocycles. The van der Waals surface area contributed by atoms with Crippen LogP contribution in [-0.2, 0) is 17.8 Å². The van der Waals surface area contributed by atoms with E-state index in [1.807, 2.05) is 66.7 Å². The van der Waals surface area contributed by atoms with Gasteiger partial charge in [-0.15, -0.1) is 0 Å². The Morgan fingerprint density at radius 1 is 0.706 bits per heavy atom. The molecule has 0 unspecified atom stereocenters. The Hall–Kier alpha value is -3.60. The number of hydrogen-bond acceptors (Lipinski definition) is 2. The van der Waals surface area contributed by atoms with E-state index in [0.29, 0.717) is 13.0 Å². The minimum absolute atomic E-state index is 0.228. The number of hydrogen-bond donors (Lipinski definition) is 3. The lowest BCUT2D eigenvalue weighted by Gasteiger charge is -2.24. The van der Waals surface area contributed by atoms with E-state index >= 15 is 0 Å². The average Bonchev–Trinajstić information content (AvgIpc) is 2.83. The Bertz CT molecular complexity index is 1050. The highest BCUT2D eigenvalue weighted by molar-refractivity contribution is 5.98. The van der Waals surface area contributed by atoms with Crippen LogP contribution in [0, 0.1) is 0 Å². The van der Waals surface area contributed by atoms with Crippen LogP contribution >= 0.6 is 0 Å². The van der Waals surface area contributed by atoms with Crippen molar-refractivity contribution in [3.05, 3.63) is 101 Å². The molecule has 0 bridgehead atoms. The van der Waals surface area contributed by atoms with Crippen LogP contribution in [0.5, 0.6) is 0 Å². The first-order valence-corrected chi connectivity index (χ1v) is 11.9. The van der Waals surface area contributed by atoms with Gasteiger partial charge in [0.1, 0.15) is 6.04 Å². The highest BCUT2D eigenvalue weighted by atomic mass is 16.2. The third-order valence-electron chi connectivity index (χ3n) is 5.82. The van der Waals surface area contributed by atoms with Crippen molar-refractivity contribution in [2.75, 3.05) is 5.32 Å². The molecule has 0 fully saturated rings. The van der Waals surface area contributed by atoms with Crippen molar-refractivity contribution in [2.45, 2.75) is 58.5 Å². The maximum absolute atomic E-state index is 13.5. The summed E-state index contributed by atoms with van der Waals surface area (Å²) < 4.78 is 0. The zero-order valence-electron chi connectivity index (χ0n) is 20.5. The van der Waals surface area contributed by atoms with Crippen molar-refractivity contribution in [2.24, 2.45) is 0 Å². The molecule has 3 amide bonds. The number of amides is 3. The van der Waals surface area contributed by atoms with Gasteiger partial charge in [-0.25, -0.2) is 4.79 Å². The third kappa shape index (κ3) is 6.95. The fourth-order valence-electron chi connectivity index (χ4n) is 3.95. The molecule has 5 heteroatoms. The highest BCUT2D eigenvalue weighted by Gasteiger charge is 2.24. The molecule has 0 radical (unpaired) electrons. The predicted octanol–water partition coefficient (Wildman–Crippen LogP) is 5.98. The Morgan fingerprint density at radius 3 is 1.76 bits per heavy atom. The minimum Gasteiger partial charge on any atom is -0.334 e. The lowest BCUT2D eigenvalue weighted by atomic mass is 9.92. The van der Waals surface area contributed by atoms with Gasteiger partial charge in [-0.05, 0) is 34.1 Å². The molecule has 3 aromatic carbocycles. The number of urea groups is 1. The lowest BCUT2D eigenvalue weighted by Crippen LogP contribution is -2.49. The summed E-state index contributed by atoms with van der Waals surface area (Å²) in [5, 5.41) is 8.91. The largest absolute Gasteiger partial charge is 0.334 e. The topological polar surface area (TPSA) is 70.2 Å². The highest BCUT2D eigenvalue weighted by Crippen LogP contribution is 2.32. The van der Waals surface area contributed by atoms with Crippen LogP contribution in [0.3, 0.4) is 0 Å². The summed E-state index contributed by atoms with van der Waals surface area (Å²) in [6.45, 7) is 8.86. The summed E-state index contributed by atoms with van der Waals surface area (Å²) in [6.07, 6.45) is 0.395. The molecule has 0 aliphatic heterocycles. The van der Waals surface area contributed by atoms with E-state index in [9.17, 15) is 9.59 Å². The van der Waals surface area contributed by atoms with Crippen LogP contribution in [0.1, 0.15) is 61.8 Å². The molecule has 5 nitrogen and oxygen atoms in total. The van der Waals surface area contributed by atoms with Gasteiger partial charge < -0.3 is 16.0 Å². The van der Waals surface area contributed by atoms with Crippen molar-refractivity contribution in [3.63, 3.8) is 0 Å². The van der Waals surface area contributed by atoms with Gasteiger partial charge in [0.05, 0.1) is 0 Å². The molecule has 3 N–H and O–H groups in total. The predicted molar refractivity (Wildman–Crippen MR) is 139 cm³/mol. The lowest BCUT2D eigenvalue weighted by molar-refractivity contribution is -0.117. The molecule has 178 valence electrons. The number of nitrogens with one attached hydrogen (secondary N) is 3. The van der Waals surface area contributed by atoms with Gasteiger partial charge in [-0.2, -0.15) is 0 Å². The molecule has 0 aliphatic rings. The first-order valence-electron chi connectivity index (χ1n) is 11.9. The summed E-state index contributed by atoms with van der Waals surface area (Å²) in [4.78, 5) is 26.2. The zero-order chi connectivity index (χ0) is 24.5. The number of para-hydroxylation sites is 1. The van der Waals surface area contributed by atoms with Crippen molar-refractivity contribution < 1.29 is 9.59 Å². The van der Waals surface area contributed by atoms with Gasteiger partial charge in [-0.3, -0.25) is 4.79 Å². The zero-order valence-corrected chi connectivity index (χ0v) is 20.5. The van der Waals surface area contributed by atoms with Gasteiger partial charge >= 0.3 is 6.03 Å². The quantitative estimate of drug-likeness (QED) is 0.370. The smallest absolute Gasteiger partial charge is 0.315 e. The normalized spacial score (nSPS) is 11.8. The standard InChI is InChI=1S/C29H35N3O2/c1-20(2)24-16-11-17-25(21(3)4)27(24)32-28(33)26(18-22-12-7-5-8-13-22)31-29(34)30-19-23-14-9-6-10-15-23/h5-17,20-21,26H,18-19H2,1-4H3,(H,32,33)(H2,30,31,34)/t26-/m0/s1. The van der Waals surface area contributed by atoms with Crippen LogP contribution < -0.4 is 16.0 Å². The third-order valence-corrected chi connectivity index (χ3v) is 5.82. The summed E-state index contributed by atoms with van der Waals surface area (Å²) in [6, 6.07) is 24.5. The first-order chi connectivity index (χ1) is 16.3. The molecule has 0 heterocycles. The number of benzene rings is 3. The summed E-state index contributed by atoms with van der Waals surface area (Å²) >= 11 is 0. The van der Waals surface area contributed by atoms with E-state index in [4.69, 9.17) is 0 Å². The van der Waals surface area contributed by atoms with Gasteiger partial charge in [0.25, 0.3) is 0 Å². The van der Waals surface area contributed by atoms with Crippen LogP contribution in [0.15, 0.2) is 78.9 Å². The molecule has 1 atom stereocenters. The monoisotopic (exact) mass is 457 g/mol. The van der Waals surface area contributed by atoms with Crippen molar-refractivity contribution in [3.8, 4) is 0 Å². The molecule has 3 aromatic rings. The van der Waals surface area contributed by atoms with Gasteiger partial charge in [0, 0.05) is 18.7 Å². The second kappa shape index (κ2) is 12.0. The fourth-order valence-corrected chi connectivity index (χ4v) is 3.95. The van der Waals surface area contributed by atoms with Crippen LogP contribution in [0.4, 0.5) is 10.5 Å². The van der Waals surface area contributed by atoms with E-state index in [-0.39, 0.29) is 23.8 Å². The second-order valence-corrected chi connectivity index (χ2v) is 9.17. The van der Waals surface area contributed by atoms with Crippen LogP contribution in [-0.4, -0.2) is 18.0 Å². The van der Waals surface area contributed by atoms with Crippen molar-refractivity contribution in [1.29, 1.82) is 0 Å². The van der Waals surface area contributed by atoms with E-state index < -0.39 is 6.04 Å². The molecule has 0 spiro atoms. The van der Waals surface area contributed by atoms with E-state index in [1.165, 1.54) is 0 Å². The Kier molecular flexibility index (Phi) is 8.86. The molecule has 0 saturated heterocycles. The Balaban J connectivity index is 1.80. The fraction of sp³-hybridized carbons (Fsp3) is 0.310. The van der Waals surface area contributed by atoms with Crippen molar-refractivity contribution >= 4 is 17.6 Å². The minimum atomic E-state index is -0.724. The average molecular weight is 458 g/mol. The number of anilines is 1. The van der Waals surface area contributed by atoms with Crippen LogP contribution in [0.2, 0.25) is 0 Å². The molecular formula is C29H35N3O2. The van der Waals surface area contributed by atoms with E-state index in [2.05, 4.69) is 55.8 Å². The van der Waals surface area contributed by atoms with Crippen molar-refractivity contribution in [1.82, 2.24) is 10.6 Å². The molecule has 34 heavy (non-hydrogen) atoms. The summed E-state index contributed by atoms with van der Waals surface area (Å²) in [5.41, 5.74) is 5.00.